The topological polar surface area (TPSA) is 59.3 Å². The van der Waals surface area contributed by atoms with Crippen molar-refractivity contribution >= 4 is 29.2 Å². The standard InChI is InChI=1S/C23H14ClF2NO3/c1-29-22-11-14(10-17(13-27)15-3-6-18(24)7-4-15)2-9-21(22)30-23(28)16-5-8-19(25)20(26)12-16/h2-12H,1H3/b17-10-. The molecule has 0 amide bonds. The Bertz CT molecular complexity index is 1170. The summed E-state index contributed by atoms with van der Waals surface area (Å²) in [7, 11) is 1.39. The molecule has 0 bridgehead atoms. The number of esters is 1. The summed E-state index contributed by atoms with van der Waals surface area (Å²) in [5.41, 5.74) is 1.58. The first-order valence-corrected chi connectivity index (χ1v) is 9.02. The SMILES string of the molecule is COc1cc(/C=C(/C#N)c2ccc(Cl)cc2)ccc1OC(=O)c1ccc(F)c(F)c1. The number of nitrogens with zero attached hydrogens (tertiary/aromatic N) is 1. The van der Waals surface area contributed by atoms with Gasteiger partial charge in [-0.1, -0.05) is 29.8 Å². The normalized spacial score (nSPS) is 11.0. The Kier molecular flexibility index (Phi) is 6.45. The van der Waals surface area contributed by atoms with Gasteiger partial charge in [-0.15, -0.1) is 0 Å². The Balaban J connectivity index is 1.87. The zero-order valence-electron chi connectivity index (χ0n) is 15.7. The number of benzene rings is 3. The molecular formula is C23H14ClF2NO3. The van der Waals surface area contributed by atoms with E-state index in [1.54, 1.807) is 42.5 Å². The molecule has 0 aromatic heterocycles. The van der Waals surface area contributed by atoms with Crippen LogP contribution < -0.4 is 9.47 Å². The van der Waals surface area contributed by atoms with Crippen LogP contribution in [0.25, 0.3) is 11.6 Å². The molecule has 0 N–H and O–H groups in total. The number of halogens is 3. The van der Waals surface area contributed by atoms with Gasteiger partial charge in [-0.25, -0.2) is 13.6 Å². The predicted octanol–water partition coefficient (Wildman–Crippen LogP) is 5.91. The molecule has 3 aromatic rings. The molecule has 0 fully saturated rings. The summed E-state index contributed by atoms with van der Waals surface area (Å²) >= 11 is 5.88. The molecule has 0 saturated carbocycles. The van der Waals surface area contributed by atoms with Gasteiger partial charge in [-0.2, -0.15) is 5.26 Å². The monoisotopic (exact) mass is 425 g/mol. The van der Waals surface area contributed by atoms with Gasteiger partial charge in [0, 0.05) is 5.02 Å². The highest BCUT2D eigenvalue weighted by molar-refractivity contribution is 6.30. The van der Waals surface area contributed by atoms with Crippen LogP contribution in [0, 0.1) is 23.0 Å². The lowest BCUT2D eigenvalue weighted by Gasteiger charge is -2.10. The number of rotatable bonds is 5. The second kappa shape index (κ2) is 9.21. The van der Waals surface area contributed by atoms with Gasteiger partial charge in [-0.3, -0.25) is 0 Å². The summed E-state index contributed by atoms with van der Waals surface area (Å²) in [6.07, 6.45) is 1.65. The van der Waals surface area contributed by atoms with Crippen molar-refractivity contribution in [3.8, 4) is 17.6 Å². The highest BCUT2D eigenvalue weighted by Gasteiger charge is 2.15. The number of nitriles is 1. The number of carbonyl (C=O) groups is 1. The van der Waals surface area contributed by atoms with Crippen molar-refractivity contribution in [3.05, 3.63) is 94.0 Å². The van der Waals surface area contributed by atoms with E-state index in [0.29, 0.717) is 21.7 Å². The molecule has 0 unspecified atom stereocenters. The summed E-state index contributed by atoms with van der Waals surface area (Å²) in [5, 5.41) is 10.0. The van der Waals surface area contributed by atoms with Crippen LogP contribution in [0.4, 0.5) is 8.78 Å². The highest BCUT2D eigenvalue weighted by atomic mass is 35.5. The molecule has 0 spiro atoms. The molecule has 0 aliphatic rings. The Morgan fingerprint density at radius 2 is 1.67 bits per heavy atom. The zero-order valence-corrected chi connectivity index (χ0v) is 16.4. The van der Waals surface area contributed by atoms with Crippen LogP contribution in [-0.2, 0) is 0 Å². The van der Waals surface area contributed by atoms with Gasteiger partial charge in [0.2, 0.25) is 0 Å². The second-order valence-electron chi connectivity index (χ2n) is 6.11. The van der Waals surface area contributed by atoms with Gasteiger partial charge in [0.15, 0.2) is 23.1 Å². The lowest BCUT2D eigenvalue weighted by atomic mass is 10.0. The maximum atomic E-state index is 13.3. The van der Waals surface area contributed by atoms with E-state index in [2.05, 4.69) is 6.07 Å². The minimum atomic E-state index is -1.15. The third-order valence-corrected chi connectivity index (χ3v) is 4.38. The fourth-order valence-electron chi connectivity index (χ4n) is 2.62. The van der Waals surface area contributed by atoms with Crippen molar-refractivity contribution in [1.29, 1.82) is 5.26 Å². The van der Waals surface area contributed by atoms with Crippen molar-refractivity contribution in [2.45, 2.75) is 0 Å². The molecule has 4 nitrogen and oxygen atoms in total. The summed E-state index contributed by atoms with van der Waals surface area (Å²) < 4.78 is 36.9. The van der Waals surface area contributed by atoms with Crippen molar-refractivity contribution < 1.29 is 23.0 Å². The molecule has 0 aliphatic heterocycles. The lowest BCUT2D eigenvalue weighted by molar-refractivity contribution is 0.0729. The third-order valence-electron chi connectivity index (χ3n) is 4.13. The van der Waals surface area contributed by atoms with Crippen LogP contribution in [0.5, 0.6) is 11.5 Å². The van der Waals surface area contributed by atoms with Gasteiger partial charge in [0.1, 0.15) is 0 Å². The Morgan fingerprint density at radius 1 is 0.967 bits per heavy atom. The Hall–Kier alpha value is -3.69. The summed E-state index contributed by atoms with van der Waals surface area (Å²) in [4.78, 5) is 12.2. The molecule has 7 heteroatoms. The molecule has 150 valence electrons. The molecule has 3 aromatic carbocycles. The average molecular weight is 426 g/mol. The van der Waals surface area contributed by atoms with Crippen molar-refractivity contribution in [2.24, 2.45) is 0 Å². The van der Waals surface area contributed by atoms with Gasteiger partial charge in [0.05, 0.1) is 24.3 Å². The van der Waals surface area contributed by atoms with Crippen molar-refractivity contribution in [2.75, 3.05) is 7.11 Å². The van der Waals surface area contributed by atoms with E-state index >= 15 is 0 Å². The maximum Gasteiger partial charge on any atom is 0.343 e. The molecule has 30 heavy (non-hydrogen) atoms. The zero-order chi connectivity index (χ0) is 21.7. The maximum absolute atomic E-state index is 13.3. The van der Waals surface area contributed by atoms with Gasteiger partial charge < -0.3 is 9.47 Å². The third kappa shape index (κ3) is 4.83. The summed E-state index contributed by atoms with van der Waals surface area (Å²) in [6.45, 7) is 0. The molecule has 0 aliphatic carbocycles. The number of hydrogen-bond donors (Lipinski definition) is 0. The molecule has 0 saturated heterocycles. The van der Waals surface area contributed by atoms with Crippen LogP contribution in [0.3, 0.4) is 0 Å². The summed E-state index contributed by atoms with van der Waals surface area (Å²) in [6, 6.07) is 16.4. The van der Waals surface area contributed by atoms with E-state index in [1.807, 2.05) is 0 Å². The first-order valence-electron chi connectivity index (χ1n) is 8.64. The van der Waals surface area contributed by atoms with Crippen molar-refractivity contribution in [1.82, 2.24) is 0 Å². The van der Waals surface area contributed by atoms with Gasteiger partial charge in [0.25, 0.3) is 0 Å². The number of carbonyl (C=O) groups excluding carboxylic acids is 1. The van der Waals surface area contributed by atoms with Crippen LogP contribution in [0.1, 0.15) is 21.5 Å². The minimum Gasteiger partial charge on any atom is -0.493 e. The van der Waals surface area contributed by atoms with E-state index in [-0.39, 0.29) is 17.1 Å². The quantitative estimate of drug-likeness (QED) is 0.221. The first kappa shape index (κ1) is 21.0. The van der Waals surface area contributed by atoms with Gasteiger partial charge in [-0.05, 0) is 59.7 Å². The molecule has 0 heterocycles. The Morgan fingerprint density at radius 3 is 2.30 bits per heavy atom. The number of ether oxygens (including phenoxy) is 2. The Labute approximate surface area is 176 Å². The smallest absolute Gasteiger partial charge is 0.343 e. The van der Waals surface area contributed by atoms with E-state index in [9.17, 15) is 18.8 Å². The van der Waals surface area contributed by atoms with E-state index in [0.717, 1.165) is 18.2 Å². The summed E-state index contributed by atoms with van der Waals surface area (Å²) in [5.74, 6) is -2.76. The number of allylic oxidation sites excluding steroid dienone is 1. The largest absolute Gasteiger partial charge is 0.493 e. The van der Waals surface area contributed by atoms with Crippen LogP contribution >= 0.6 is 11.6 Å². The van der Waals surface area contributed by atoms with Crippen LogP contribution in [0.15, 0.2) is 60.7 Å². The van der Waals surface area contributed by atoms with Crippen LogP contribution in [-0.4, -0.2) is 13.1 Å². The van der Waals surface area contributed by atoms with Crippen molar-refractivity contribution in [3.63, 3.8) is 0 Å². The highest BCUT2D eigenvalue weighted by Crippen LogP contribution is 2.31. The fraction of sp³-hybridized carbons (Fsp3) is 0.0435. The average Bonchev–Trinajstić information content (AvgIpc) is 2.75. The minimum absolute atomic E-state index is 0.0920. The van der Waals surface area contributed by atoms with E-state index in [4.69, 9.17) is 21.1 Å². The fourth-order valence-corrected chi connectivity index (χ4v) is 2.74. The number of hydrogen-bond acceptors (Lipinski definition) is 4. The first-order chi connectivity index (χ1) is 14.4. The van der Waals surface area contributed by atoms with E-state index in [1.165, 1.54) is 13.2 Å². The number of methoxy groups -OCH3 is 1. The molecule has 0 atom stereocenters. The molecule has 0 radical (unpaired) electrons. The lowest BCUT2D eigenvalue weighted by Crippen LogP contribution is -2.10. The second-order valence-corrected chi connectivity index (χ2v) is 6.54. The predicted molar refractivity (Wildman–Crippen MR) is 109 cm³/mol. The molecular weight excluding hydrogens is 412 g/mol. The van der Waals surface area contributed by atoms with Crippen LogP contribution in [0.2, 0.25) is 5.02 Å². The molecule has 3 rings (SSSR count). The van der Waals surface area contributed by atoms with E-state index < -0.39 is 17.6 Å². The van der Waals surface area contributed by atoms with Gasteiger partial charge >= 0.3 is 5.97 Å².